The van der Waals surface area contributed by atoms with Gasteiger partial charge in [0.05, 0.1) is 0 Å². The normalized spacial score (nSPS) is 11.5. The summed E-state index contributed by atoms with van der Waals surface area (Å²) in [7, 11) is -3.66. The van der Waals surface area contributed by atoms with Crippen LogP contribution in [0.1, 0.15) is 5.56 Å². The molecule has 0 saturated carbocycles. The van der Waals surface area contributed by atoms with E-state index in [4.69, 9.17) is 5.73 Å². The second-order valence-electron chi connectivity index (χ2n) is 4.00. The minimum absolute atomic E-state index is 0.121. The fourth-order valence-electron chi connectivity index (χ4n) is 1.59. The minimum atomic E-state index is -3.66. The molecule has 0 atom stereocenters. The Labute approximate surface area is 133 Å². The number of rotatable bonds is 4. The Hall–Kier alpha value is -0.960. The van der Waals surface area contributed by atoms with Gasteiger partial charge in [-0.05, 0) is 55.6 Å². The number of nitrogen functional groups attached to an aromatic ring is 1. The first-order valence-corrected chi connectivity index (χ1v) is 8.60. The summed E-state index contributed by atoms with van der Waals surface area (Å²) in [5.74, 6) is 0. The van der Waals surface area contributed by atoms with Gasteiger partial charge in [-0.3, -0.25) is 4.98 Å². The maximum Gasteiger partial charge on any atom is 0.243 e. The summed E-state index contributed by atoms with van der Waals surface area (Å²) in [6.45, 7) is 0.166. The molecule has 5 nitrogen and oxygen atoms in total. The quantitative estimate of drug-likeness (QED) is 0.744. The number of hydrogen-bond donors (Lipinski definition) is 2. The van der Waals surface area contributed by atoms with Crippen LogP contribution < -0.4 is 10.5 Å². The van der Waals surface area contributed by atoms with Crippen molar-refractivity contribution in [1.29, 1.82) is 0 Å². The number of benzene rings is 1. The molecule has 1 aromatic heterocycles. The number of nitrogens with zero attached hydrogens (tertiary/aromatic N) is 1. The molecule has 0 radical (unpaired) electrons. The van der Waals surface area contributed by atoms with Gasteiger partial charge in [0.25, 0.3) is 0 Å². The molecule has 0 fully saturated rings. The number of sulfonamides is 1. The van der Waals surface area contributed by atoms with Gasteiger partial charge >= 0.3 is 0 Å². The van der Waals surface area contributed by atoms with Crippen LogP contribution >= 0.6 is 31.9 Å². The zero-order valence-corrected chi connectivity index (χ0v) is 14.2. The summed E-state index contributed by atoms with van der Waals surface area (Å²) < 4.78 is 28.0. The average molecular weight is 421 g/mol. The number of halogens is 2. The predicted octanol–water partition coefficient (Wildman–Crippen LogP) is 2.67. The van der Waals surface area contributed by atoms with E-state index < -0.39 is 10.0 Å². The lowest BCUT2D eigenvalue weighted by atomic mass is 10.3. The molecular formula is C12H11Br2N3O2S. The Morgan fingerprint density at radius 2 is 1.90 bits per heavy atom. The van der Waals surface area contributed by atoms with E-state index in [-0.39, 0.29) is 11.4 Å². The van der Waals surface area contributed by atoms with Crippen LogP contribution in [-0.4, -0.2) is 13.4 Å². The van der Waals surface area contributed by atoms with Gasteiger partial charge in [0, 0.05) is 33.6 Å². The van der Waals surface area contributed by atoms with Crippen molar-refractivity contribution in [3.63, 3.8) is 0 Å². The molecule has 106 valence electrons. The van der Waals surface area contributed by atoms with Crippen molar-refractivity contribution in [2.75, 3.05) is 5.73 Å². The Morgan fingerprint density at radius 1 is 1.25 bits per heavy atom. The van der Waals surface area contributed by atoms with Crippen molar-refractivity contribution in [2.45, 2.75) is 11.4 Å². The molecular weight excluding hydrogens is 410 g/mol. The van der Waals surface area contributed by atoms with Crippen LogP contribution in [0, 0.1) is 0 Å². The summed E-state index contributed by atoms with van der Waals surface area (Å²) in [5, 5.41) is 0. The van der Waals surface area contributed by atoms with E-state index in [9.17, 15) is 8.42 Å². The smallest absolute Gasteiger partial charge is 0.243 e. The molecule has 20 heavy (non-hydrogen) atoms. The van der Waals surface area contributed by atoms with Crippen LogP contribution in [0.4, 0.5) is 5.69 Å². The summed E-state index contributed by atoms with van der Waals surface area (Å²) in [5.41, 5.74) is 6.90. The Morgan fingerprint density at radius 3 is 2.45 bits per heavy atom. The second-order valence-corrected chi connectivity index (χ2v) is 7.41. The van der Waals surface area contributed by atoms with Crippen molar-refractivity contribution < 1.29 is 8.42 Å². The van der Waals surface area contributed by atoms with E-state index in [1.165, 1.54) is 0 Å². The van der Waals surface area contributed by atoms with Crippen molar-refractivity contribution in [3.8, 4) is 0 Å². The maximum atomic E-state index is 12.3. The number of nitrogens with two attached hydrogens (primary N) is 1. The van der Waals surface area contributed by atoms with Crippen molar-refractivity contribution in [3.05, 3.63) is 51.2 Å². The lowest BCUT2D eigenvalue weighted by Crippen LogP contribution is -2.24. The number of anilines is 1. The van der Waals surface area contributed by atoms with Crippen molar-refractivity contribution >= 4 is 47.6 Å². The highest BCUT2D eigenvalue weighted by atomic mass is 79.9. The van der Waals surface area contributed by atoms with E-state index in [0.29, 0.717) is 14.6 Å². The predicted molar refractivity (Wildman–Crippen MR) is 84.5 cm³/mol. The number of aromatic nitrogens is 1. The first-order chi connectivity index (χ1) is 9.40. The van der Waals surface area contributed by atoms with E-state index in [1.807, 2.05) is 0 Å². The average Bonchev–Trinajstić information content (AvgIpc) is 2.36. The van der Waals surface area contributed by atoms with E-state index in [2.05, 4.69) is 41.6 Å². The lowest BCUT2D eigenvalue weighted by molar-refractivity contribution is 0.580. The maximum absolute atomic E-state index is 12.3. The molecule has 0 aliphatic rings. The minimum Gasteiger partial charge on any atom is -0.399 e. The van der Waals surface area contributed by atoms with E-state index in [0.717, 1.165) is 5.56 Å². The van der Waals surface area contributed by atoms with Gasteiger partial charge < -0.3 is 5.73 Å². The molecule has 0 saturated heterocycles. The van der Waals surface area contributed by atoms with Crippen LogP contribution in [0.3, 0.4) is 0 Å². The fraction of sp³-hybridized carbons (Fsp3) is 0.0833. The summed E-state index contributed by atoms with van der Waals surface area (Å²) >= 11 is 6.44. The molecule has 8 heteroatoms. The van der Waals surface area contributed by atoms with Gasteiger partial charge in [-0.2, -0.15) is 0 Å². The molecule has 0 aliphatic heterocycles. The third kappa shape index (κ3) is 3.57. The fourth-order valence-corrected chi connectivity index (χ4v) is 5.22. The molecule has 0 spiro atoms. The number of pyridine rings is 1. The molecule has 0 aliphatic carbocycles. The third-order valence-corrected chi connectivity index (χ3v) is 5.76. The summed E-state index contributed by atoms with van der Waals surface area (Å²) in [6, 6.07) is 6.63. The highest BCUT2D eigenvalue weighted by Gasteiger charge is 2.21. The molecule has 1 heterocycles. The number of nitrogens with one attached hydrogen (secondary N) is 1. The second kappa shape index (κ2) is 6.21. The van der Waals surface area contributed by atoms with Gasteiger partial charge in [0.15, 0.2) is 0 Å². The zero-order valence-electron chi connectivity index (χ0n) is 10.2. The zero-order chi connectivity index (χ0) is 14.8. The standard InChI is InChI=1S/C12H11Br2N3O2S/c13-10-4-9(15)5-11(14)12(10)20(18,19)17-7-8-2-1-3-16-6-8/h1-6,17H,7,15H2. The first kappa shape index (κ1) is 15.4. The molecule has 0 amide bonds. The van der Waals surface area contributed by atoms with Crippen molar-refractivity contribution in [2.24, 2.45) is 0 Å². The number of hydrogen-bond acceptors (Lipinski definition) is 4. The summed E-state index contributed by atoms with van der Waals surface area (Å²) in [6.07, 6.45) is 3.24. The lowest BCUT2D eigenvalue weighted by Gasteiger charge is -2.11. The Balaban J connectivity index is 2.28. The van der Waals surface area contributed by atoms with Gasteiger partial charge in [0.1, 0.15) is 4.90 Å². The van der Waals surface area contributed by atoms with Gasteiger partial charge in [-0.25, -0.2) is 13.1 Å². The van der Waals surface area contributed by atoms with Crippen molar-refractivity contribution in [1.82, 2.24) is 9.71 Å². The largest absolute Gasteiger partial charge is 0.399 e. The Kier molecular flexibility index (Phi) is 4.79. The monoisotopic (exact) mass is 419 g/mol. The van der Waals surface area contributed by atoms with Crippen LogP contribution in [0.2, 0.25) is 0 Å². The SMILES string of the molecule is Nc1cc(Br)c(S(=O)(=O)NCc2cccnc2)c(Br)c1. The highest BCUT2D eigenvalue weighted by molar-refractivity contribution is 9.11. The van der Waals surface area contributed by atoms with Gasteiger partial charge in [-0.1, -0.05) is 6.07 Å². The molecule has 0 bridgehead atoms. The van der Waals surface area contributed by atoms with Gasteiger partial charge in [-0.15, -0.1) is 0 Å². The van der Waals surface area contributed by atoms with E-state index in [1.54, 1.807) is 36.7 Å². The molecule has 2 aromatic rings. The molecule has 3 N–H and O–H groups in total. The van der Waals surface area contributed by atoms with Crippen LogP contribution in [0.5, 0.6) is 0 Å². The topological polar surface area (TPSA) is 85.1 Å². The molecule has 0 unspecified atom stereocenters. The van der Waals surface area contributed by atoms with Gasteiger partial charge in [0.2, 0.25) is 10.0 Å². The summed E-state index contributed by atoms with van der Waals surface area (Å²) in [4.78, 5) is 4.06. The third-order valence-electron chi connectivity index (χ3n) is 2.48. The van der Waals surface area contributed by atoms with Crippen LogP contribution in [0.25, 0.3) is 0 Å². The van der Waals surface area contributed by atoms with Crippen LogP contribution in [0.15, 0.2) is 50.5 Å². The Bertz CT molecular complexity index is 698. The molecule has 1 aromatic carbocycles. The highest BCUT2D eigenvalue weighted by Crippen LogP contribution is 2.32. The molecule has 2 rings (SSSR count). The first-order valence-electron chi connectivity index (χ1n) is 5.53. The van der Waals surface area contributed by atoms with E-state index >= 15 is 0 Å². The van der Waals surface area contributed by atoms with Crippen LogP contribution in [-0.2, 0) is 16.6 Å².